The monoisotopic (exact) mass is 417 g/mol. The Morgan fingerprint density at radius 2 is 1.97 bits per heavy atom. The molecule has 0 aromatic heterocycles. The van der Waals surface area contributed by atoms with Crippen LogP contribution < -0.4 is 0 Å². The quantitative estimate of drug-likeness (QED) is 0.575. The van der Waals surface area contributed by atoms with Crippen molar-refractivity contribution in [3.63, 3.8) is 0 Å². The summed E-state index contributed by atoms with van der Waals surface area (Å²) in [6, 6.07) is 12.1. The molecule has 0 bridgehead atoms. The van der Waals surface area contributed by atoms with Gasteiger partial charge >= 0.3 is 0 Å². The second-order valence-corrected chi connectivity index (χ2v) is 7.68. The zero-order valence-corrected chi connectivity index (χ0v) is 17.5. The summed E-state index contributed by atoms with van der Waals surface area (Å²) in [5, 5.41) is 0. The molecule has 0 N–H and O–H groups in total. The van der Waals surface area contributed by atoms with Crippen molar-refractivity contribution in [3.8, 4) is 0 Å². The van der Waals surface area contributed by atoms with Crippen molar-refractivity contribution < 1.29 is 23.0 Å². The van der Waals surface area contributed by atoms with Crippen molar-refractivity contribution in [2.45, 2.75) is 57.9 Å². The average Bonchev–Trinajstić information content (AvgIpc) is 3.26. The van der Waals surface area contributed by atoms with Crippen molar-refractivity contribution in [3.05, 3.63) is 71.3 Å². The van der Waals surface area contributed by atoms with E-state index in [9.17, 15) is 13.6 Å². The van der Waals surface area contributed by atoms with Crippen LogP contribution in [-0.2, 0) is 20.8 Å². The van der Waals surface area contributed by atoms with Gasteiger partial charge < -0.3 is 14.4 Å². The third-order valence-electron chi connectivity index (χ3n) is 5.45. The van der Waals surface area contributed by atoms with E-state index in [1.54, 1.807) is 36.1 Å². The van der Waals surface area contributed by atoms with E-state index in [-0.39, 0.29) is 36.2 Å². The molecule has 1 aliphatic heterocycles. The minimum atomic E-state index is -0.669. The molecule has 162 valence electrons. The number of halogens is 2. The molecule has 0 spiro atoms. The van der Waals surface area contributed by atoms with Gasteiger partial charge in [0.15, 0.2) is 0 Å². The van der Waals surface area contributed by atoms with Crippen LogP contribution >= 0.6 is 0 Å². The normalized spacial score (nSPS) is 18.2. The van der Waals surface area contributed by atoms with Gasteiger partial charge in [-0.2, -0.15) is 0 Å². The van der Waals surface area contributed by atoms with Gasteiger partial charge in [-0.3, -0.25) is 4.79 Å². The second-order valence-electron chi connectivity index (χ2n) is 7.68. The van der Waals surface area contributed by atoms with Crippen LogP contribution in [0.25, 0.3) is 0 Å². The van der Waals surface area contributed by atoms with Crippen molar-refractivity contribution in [1.29, 1.82) is 0 Å². The van der Waals surface area contributed by atoms with E-state index in [4.69, 9.17) is 9.47 Å². The first kappa shape index (κ1) is 22.4. The molecule has 1 saturated heterocycles. The van der Waals surface area contributed by atoms with Crippen LogP contribution in [0.5, 0.6) is 0 Å². The van der Waals surface area contributed by atoms with Gasteiger partial charge in [-0.25, -0.2) is 8.78 Å². The summed E-state index contributed by atoms with van der Waals surface area (Å²) < 4.78 is 38.6. The van der Waals surface area contributed by atoms with E-state index in [2.05, 4.69) is 0 Å². The molecule has 4 nitrogen and oxygen atoms in total. The van der Waals surface area contributed by atoms with Crippen LogP contribution in [0, 0.1) is 11.6 Å². The van der Waals surface area contributed by atoms with Crippen molar-refractivity contribution in [2.75, 3.05) is 13.2 Å². The minimum absolute atomic E-state index is 0.0241. The summed E-state index contributed by atoms with van der Waals surface area (Å²) >= 11 is 0. The number of ether oxygens (including phenoxy) is 2. The molecular weight excluding hydrogens is 388 g/mol. The summed E-state index contributed by atoms with van der Waals surface area (Å²) in [4.78, 5) is 15.1. The number of benzene rings is 2. The fourth-order valence-electron chi connectivity index (χ4n) is 3.83. The Hall–Kier alpha value is -2.31. The van der Waals surface area contributed by atoms with Crippen LogP contribution in [0.4, 0.5) is 8.78 Å². The van der Waals surface area contributed by atoms with E-state index in [0.29, 0.717) is 18.6 Å². The predicted octanol–water partition coefficient (Wildman–Crippen LogP) is 5.03. The van der Waals surface area contributed by atoms with Crippen LogP contribution in [0.2, 0.25) is 0 Å². The SMILES string of the molecule is CCC(c1ccc(F)cc1)N(Cc1cccc(F)c1)C(=O)C(C)OCC1CCCO1. The Bertz CT molecular complexity index is 821. The average molecular weight is 417 g/mol. The maximum atomic E-state index is 13.7. The second kappa shape index (κ2) is 10.6. The molecule has 0 radical (unpaired) electrons. The van der Waals surface area contributed by atoms with Gasteiger partial charge in [0.1, 0.15) is 17.7 Å². The highest BCUT2D eigenvalue weighted by molar-refractivity contribution is 5.81. The van der Waals surface area contributed by atoms with Gasteiger partial charge in [0.05, 0.1) is 18.8 Å². The number of amides is 1. The summed E-state index contributed by atoms with van der Waals surface area (Å²) in [6.45, 7) is 5.03. The summed E-state index contributed by atoms with van der Waals surface area (Å²) in [5.74, 6) is -0.865. The summed E-state index contributed by atoms with van der Waals surface area (Å²) in [7, 11) is 0. The Balaban J connectivity index is 1.81. The lowest BCUT2D eigenvalue weighted by Gasteiger charge is -2.34. The Morgan fingerprint density at radius 3 is 2.60 bits per heavy atom. The number of carbonyl (C=O) groups is 1. The Morgan fingerprint density at radius 1 is 1.20 bits per heavy atom. The molecule has 0 saturated carbocycles. The molecule has 1 heterocycles. The van der Waals surface area contributed by atoms with E-state index in [0.717, 1.165) is 25.0 Å². The third-order valence-corrected chi connectivity index (χ3v) is 5.45. The third kappa shape index (κ3) is 5.86. The van der Waals surface area contributed by atoms with Gasteiger partial charge in [0, 0.05) is 13.2 Å². The highest BCUT2D eigenvalue weighted by Crippen LogP contribution is 2.28. The first-order valence-electron chi connectivity index (χ1n) is 10.5. The predicted molar refractivity (Wildman–Crippen MR) is 111 cm³/mol. The van der Waals surface area contributed by atoms with Gasteiger partial charge in [0.2, 0.25) is 0 Å². The van der Waals surface area contributed by atoms with Gasteiger partial charge in [-0.15, -0.1) is 0 Å². The molecule has 1 fully saturated rings. The number of hydrogen-bond acceptors (Lipinski definition) is 3. The summed E-state index contributed by atoms with van der Waals surface area (Å²) in [5.41, 5.74) is 1.52. The molecule has 3 rings (SSSR count). The van der Waals surface area contributed by atoms with E-state index >= 15 is 0 Å². The van der Waals surface area contributed by atoms with Crippen molar-refractivity contribution >= 4 is 5.91 Å². The van der Waals surface area contributed by atoms with E-state index < -0.39 is 6.10 Å². The van der Waals surface area contributed by atoms with E-state index in [1.165, 1.54) is 24.3 Å². The van der Waals surface area contributed by atoms with Crippen LogP contribution in [0.3, 0.4) is 0 Å². The zero-order valence-electron chi connectivity index (χ0n) is 17.5. The van der Waals surface area contributed by atoms with Gasteiger partial charge in [-0.05, 0) is 61.6 Å². The molecule has 2 aromatic rings. The van der Waals surface area contributed by atoms with Crippen molar-refractivity contribution in [2.24, 2.45) is 0 Å². The number of carbonyl (C=O) groups excluding carboxylic acids is 1. The molecule has 3 atom stereocenters. The maximum absolute atomic E-state index is 13.7. The lowest BCUT2D eigenvalue weighted by molar-refractivity contribution is -0.148. The first-order chi connectivity index (χ1) is 14.5. The first-order valence-corrected chi connectivity index (χ1v) is 10.5. The van der Waals surface area contributed by atoms with Crippen molar-refractivity contribution in [1.82, 2.24) is 4.90 Å². The fourth-order valence-corrected chi connectivity index (χ4v) is 3.83. The number of nitrogens with zero attached hydrogens (tertiary/aromatic N) is 1. The highest BCUT2D eigenvalue weighted by Gasteiger charge is 2.29. The van der Waals surface area contributed by atoms with Crippen LogP contribution in [-0.4, -0.2) is 36.2 Å². The van der Waals surface area contributed by atoms with Crippen LogP contribution in [0.1, 0.15) is 50.3 Å². The molecular formula is C24H29F2NO3. The molecule has 3 unspecified atom stereocenters. The van der Waals surface area contributed by atoms with E-state index in [1.807, 2.05) is 6.92 Å². The zero-order chi connectivity index (χ0) is 21.5. The Labute approximate surface area is 176 Å². The lowest BCUT2D eigenvalue weighted by Crippen LogP contribution is -2.41. The topological polar surface area (TPSA) is 38.8 Å². The number of rotatable bonds is 9. The smallest absolute Gasteiger partial charge is 0.252 e. The highest BCUT2D eigenvalue weighted by atomic mass is 19.1. The van der Waals surface area contributed by atoms with Gasteiger partial charge in [-0.1, -0.05) is 31.2 Å². The van der Waals surface area contributed by atoms with Gasteiger partial charge in [0.25, 0.3) is 5.91 Å². The van der Waals surface area contributed by atoms with Crippen LogP contribution in [0.15, 0.2) is 48.5 Å². The molecule has 2 aromatic carbocycles. The molecule has 1 amide bonds. The minimum Gasteiger partial charge on any atom is -0.376 e. The molecule has 0 aliphatic carbocycles. The molecule has 30 heavy (non-hydrogen) atoms. The lowest BCUT2D eigenvalue weighted by atomic mass is 10.0. The molecule has 6 heteroatoms. The molecule has 1 aliphatic rings. The summed E-state index contributed by atoms with van der Waals surface area (Å²) in [6.07, 6.45) is 1.92. The largest absolute Gasteiger partial charge is 0.376 e. The number of hydrogen-bond donors (Lipinski definition) is 0. The maximum Gasteiger partial charge on any atom is 0.252 e. The standard InChI is InChI=1S/C24H29F2NO3/c1-3-23(19-9-11-20(25)12-10-19)27(15-18-6-4-7-21(26)14-18)24(28)17(2)30-16-22-8-5-13-29-22/h4,6-7,9-12,14,17,22-23H,3,5,8,13,15-16H2,1-2H3. The fraction of sp³-hybridized carbons (Fsp3) is 0.458. The Kier molecular flexibility index (Phi) is 7.94.